The van der Waals surface area contributed by atoms with E-state index in [2.05, 4.69) is 0 Å². The third kappa shape index (κ3) is 4.42. The maximum Gasteiger partial charge on any atom is 0.329 e. The number of ether oxygens (including phenoxy) is 2. The Bertz CT molecular complexity index is 814. The lowest BCUT2D eigenvalue weighted by atomic mass is 9.88. The van der Waals surface area contributed by atoms with Gasteiger partial charge in [0.2, 0.25) is 0 Å². The van der Waals surface area contributed by atoms with Crippen LogP contribution in [0.5, 0.6) is 0 Å². The number of hydrogen-bond donors (Lipinski definition) is 0. The zero-order valence-corrected chi connectivity index (χ0v) is 16.8. The first-order chi connectivity index (χ1) is 13.3. The average Bonchev–Trinajstić information content (AvgIpc) is 2.66. The van der Waals surface area contributed by atoms with Crippen LogP contribution in [0.25, 0.3) is 0 Å². The Kier molecular flexibility index (Phi) is 5.84. The Morgan fingerprint density at radius 3 is 2.18 bits per heavy atom. The van der Waals surface area contributed by atoms with Gasteiger partial charge in [0.1, 0.15) is 11.6 Å². The molecule has 1 fully saturated rings. The maximum atomic E-state index is 12.9. The van der Waals surface area contributed by atoms with Gasteiger partial charge < -0.3 is 14.4 Å². The van der Waals surface area contributed by atoms with Crippen molar-refractivity contribution in [3.05, 3.63) is 71.8 Å². The first kappa shape index (κ1) is 20.1. The fourth-order valence-corrected chi connectivity index (χ4v) is 3.32. The van der Waals surface area contributed by atoms with E-state index in [4.69, 9.17) is 9.47 Å². The van der Waals surface area contributed by atoms with Crippen LogP contribution in [0.15, 0.2) is 60.7 Å². The van der Waals surface area contributed by atoms with Crippen LogP contribution < -0.4 is 0 Å². The zero-order valence-electron chi connectivity index (χ0n) is 16.8. The van der Waals surface area contributed by atoms with Gasteiger partial charge in [-0.3, -0.25) is 4.79 Å². The van der Waals surface area contributed by atoms with Crippen molar-refractivity contribution in [3.63, 3.8) is 0 Å². The van der Waals surface area contributed by atoms with E-state index in [1.54, 1.807) is 11.8 Å². The molecular formula is C23H27NO4. The standard InChI is InChI=1S/C23H27NO4/c1-16(22(26)28-23(2,3)4)24-19(18-13-9-6-10-14-18)20(21(24)25)27-15-17-11-7-5-8-12-17/h5-14,16,19-20H,15H2,1-4H3/t16-,19-,20+/m0/s1. The highest BCUT2D eigenvalue weighted by Gasteiger charge is 2.53. The summed E-state index contributed by atoms with van der Waals surface area (Å²) in [5.74, 6) is -0.605. The van der Waals surface area contributed by atoms with Gasteiger partial charge in [0.15, 0.2) is 6.10 Å². The number of β-lactam (4-membered cyclic amide) rings is 1. The minimum absolute atomic E-state index is 0.192. The number of carbonyl (C=O) groups is 2. The molecule has 3 atom stereocenters. The highest BCUT2D eigenvalue weighted by molar-refractivity contribution is 5.93. The molecular weight excluding hydrogens is 354 g/mol. The normalized spacial score (nSPS) is 20.4. The van der Waals surface area contributed by atoms with E-state index >= 15 is 0 Å². The summed E-state index contributed by atoms with van der Waals surface area (Å²) in [5.41, 5.74) is 1.33. The molecule has 1 aliphatic rings. The third-order valence-corrected chi connectivity index (χ3v) is 4.66. The molecule has 148 valence electrons. The Morgan fingerprint density at radius 1 is 1.04 bits per heavy atom. The Hall–Kier alpha value is -2.66. The smallest absolute Gasteiger partial charge is 0.329 e. The van der Waals surface area contributed by atoms with Crippen LogP contribution in [0.1, 0.15) is 44.9 Å². The predicted molar refractivity (Wildman–Crippen MR) is 106 cm³/mol. The number of rotatable bonds is 6. The molecule has 0 aliphatic carbocycles. The summed E-state index contributed by atoms with van der Waals surface area (Å²) < 4.78 is 11.4. The summed E-state index contributed by atoms with van der Waals surface area (Å²) in [4.78, 5) is 27.0. The first-order valence-corrected chi connectivity index (χ1v) is 9.53. The fraction of sp³-hybridized carbons (Fsp3) is 0.391. The molecule has 5 heteroatoms. The molecule has 1 heterocycles. The molecule has 3 rings (SSSR count). The van der Waals surface area contributed by atoms with E-state index in [-0.39, 0.29) is 11.9 Å². The van der Waals surface area contributed by atoms with E-state index in [0.29, 0.717) is 6.61 Å². The van der Waals surface area contributed by atoms with Gasteiger partial charge in [-0.2, -0.15) is 0 Å². The first-order valence-electron chi connectivity index (χ1n) is 9.53. The summed E-state index contributed by atoms with van der Waals surface area (Å²) in [7, 11) is 0. The van der Waals surface area contributed by atoms with Crippen molar-refractivity contribution in [2.24, 2.45) is 0 Å². The molecule has 0 N–H and O–H groups in total. The van der Waals surface area contributed by atoms with Gasteiger partial charge in [-0.25, -0.2) is 4.79 Å². The molecule has 0 radical (unpaired) electrons. The van der Waals surface area contributed by atoms with E-state index in [1.807, 2.05) is 81.4 Å². The number of hydrogen-bond acceptors (Lipinski definition) is 4. The molecule has 0 saturated carbocycles. The molecule has 2 aromatic carbocycles. The minimum atomic E-state index is -0.687. The van der Waals surface area contributed by atoms with Crippen LogP contribution in [0, 0.1) is 0 Å². The summed E-state index contributed by atoms with van der Waals surface area (Å²) in [5, 5.41) is 0. The predicted octanol–water partition coefficient (Wildman–Crippen LogP) is 3.89. The molecule has 0 spiro atoms. The van der Waals surface area contributed by atoms with Crippen LogP contribution in [0.4, 0.5) is 0 Å². The molecule has 28 heavy (non-hydrogen) atoms. The molecule has 1 saturated heterocycles. The van der Waals surface area contributed by atoms with Crippen molar-refractivity contribution in [2.75, 3.05) is 0 Å². The van der Waals surface area contributed by atoms with Gasteiger partial charge in [-0.1, -0.05) is 60.7 Å². The number of benzene rings is 2. The van der Waals surface area contributed by atoms with Gasteiger partial charge in [0.25, 0.3) is 5.91 Å². The lowest BCUT2D eigenvalue weighted by Crippen LogP contribution is -2.64. The molecule has 0 aromatic heterocycles. The summed E-state index contributed by atoms with van der Waals surface area (Å²) in [6, 6.07) is 18.4. The van der Waals surface area contributed by atoms with Crippen molar-refractivity contribution in [3.8, 4) is 0 Å². The van der Waals surface area contributed by atoms with Crippen molar-refractivity contribution in [2.45, 2.75) is 58.1 Å². The van der Waals surface area contributed by atoms with Crippen molar-refractivity contribution in [1.82, 2.24) is 4.90 Å². The number of carbonyl (C=O) groups excluding carboxylic acids is 2. The van der Waals surface area contributed by atoms with E-state index < -0.39 is 23.7 Å². The van der Waals surface area contributed by atoms with Gasteiger partial charge in [0.05, 0.1) is 12.6 Å². The molecule has 0 unspecified atom stereocenters. The number of amides is 1. The molecule has 1 amide bonds. The lowest BCUT2D eigenvalue weighted by Gasteiger charge is -2.49. The fourth-order valence-electron chi connectivity index (χ4n) is 3.32. The maximum absolute atomic E-state index is 12.9. The van der Waals surface area contributed by atoms with Crippen molar-refractivity contribution >= 4 is 11.9 Å². The van der Waals surface area contributed by atoms with Crippen LogP contribution in [0.2, 0.25) is 0 Å². The summed E-state index contributed by atoms with van der Waals surface area (Å²) >= 11 is 0. The largest absolute Gasteiger partial charge is 0.458 e. The van der Waals surface area contributed by atoms with Gasteiger partial charge >= 0.3 is 5.97 Å². The summed E-state index contributed by atoms with van der Waals surface area (Å²) in [6.45, 7) is 7.49. The van der Waals surface area contributed by atoms with Crippen LogP contribution in [-0.2, 0) is 25.7 Å². The van der Waals surface area contributed by atoms with Crippen LogP contribution in [-0.4, -0.2) is 34.5 Å². The number of esters is 1. The Balaban J connectivity index is 1.78. The second kappa shape index (κ2) is 8.15. The van der Waals surface area contributed by atoms with E-state index in [0.717, 1.165) is 11.1 Å². The highest BCUT2D eigenvalue weighted by Crippen LogP contribution is 2.39. The van der Waals surface area contributed by atoms with Crippen LogP contribution in [0.3, 0.4) is 0 Å². The van der Waals surface area contributed by atoms with Gasteiger partial charge in [-0.15, -0.1) is 0 Å². The Labute approximate surface area is 166 Å². The third-order valence-electron chi connectivity index (χ3n) is 4.66. The van der Waals surface area contributed by atoms with Gasteiger partial charge in [-0.05, 0) is 38.8 Å². The molecule has 5 nitrogen and oxygen atoms in total. The minimum Gasteiger partial charge on any atom is -0.458 e. The zero-order chi connectivity index (χ0) is 20.3. The number of likely N-dealkylation sites (tertiary alicyclic amines) is 1. The number of nitrogens with zero attached hydrogens (tertiary/aromatic N) is 1. The quantitative estimate of drug-likeness (QED) is 0.563. The monoisotopic (exact) mass is 381 g/mol. The highest BCUT2D eigenvalue weighted by atomic mass is 16.6. The summed E-state index contributed by atoms with van der Waals surface area (Å²) in [6.07, 6.45) is -0.618. The Morgan fingerprint density at radius 2 is 1.61 bits per heavy atom. The molecule has 2 aromatic rings. The average molecular weight is 381 g/mol. The second-order valence-corrected chi connectivity index (χ2v) is 8.03. The second-order valence-electron chi connectivity index (χ2n) is 8.03. The van der Waals surface area contributed by atoms with E-state index in [9.17, 15) is 9.59 Å². The van der Waals surface area contributed by atoms with Gasteiger partial charge in [0, 0.05) is 0 Å². The SMILES string of the molecule is C[C@@H](C(=O)OC(C)(C)C)N1C(=O)[C@H](OCc2ccccc2)[C@@H]1c1ccccc1. The molecule has 0 bridgehead atoms. The van der Waals surface area contributed by atoms with E-state index in [1.165, 1.54) is 0 Å². The van der Waals surface area contributed by atoms with Crippen LogP contribution >= 0.6 is 0 Å². The topological polar surface area (TPSA) is 55.8 Å². The molecule has 1 aliphatic heterocycles. The van der Waals surface area contributed by atoms with Crippen molar-refractivity contribution < 1.29 is 19.1 Å². The van der Waals surface area contributed by atoms with Crippen molar-refractivity contribution in [1.29, 1.82) is 0 Å². The lowest BCUT2D eigenvalue weighted by molar-refractivity contribution is -0.191.